The van der Waals surface area contributed by atoms with Gasteiger partial charge < -0.3 is 16.2 Å². The number of hydrogen-bond acceptors (Lipinski definition) is 3. The molecule has 1 aromatic carbocycles. The highest BCUT2D eigenvalue weighted by Gasteiger charge is 2.36. The van der Waals surface area contributed by atoms with Crippen molar-refractivity contribution in [3.05, 3.63) is 29.3 Å². The standard InChI is InChI=1S/C17H26N2O2/c1-12-13(5-4-6-14(12)18)15(20)19-11-17(21)9-7-16(2,3)8-10-17/h4-6,21H,7-11,18H2,1-3H3,(H,19,20). The molecule has 116 valence electrons. The molecule has 0 spiro atoms. The second kappa shape index (κ2) is 5.68. The molecule has 1 saturated carbocycles. The predicted octanol–water partition coefficient (Wildman–Crippen LogP) is 2.64. The zero-order valence-electron chi connectivity index (χ0n) is 13.2. The zero-order chi connectivity index (χ0) is 15.7. The molecule has 1 amide bonds. The van der Waals surface area contributed by atoms with E-state index in [0.717, 1.165) is 31.2 Å². The van der Waals surface area contributed by atoms with Crippen LogP contribution in [-0.4, -0.2) is 23.2 Å². The van der Waals surface area contributed by atoms with Gasteiger partial charge in [0.15, 0.2) is 0 Å². The van der Waals surface area contributed by atoms with E-state index in [0.29, 0.717) is 23.2 Å². The average molecular weight is 290 g/mol. The van der Waals surface area contributed by atoms with Gasteiger partial charge in [0.25, 0.3) is 5.91 Å². The van der Waals surface area contributed by atoms with Crippen molar-refractivity contribution in [2.45, 2.75) is 52.1 Å². The minimum atomic E-state index is -0.778. The van der Waals surface area contributed by atoms with E-state index < -0.39 is 5.60 Å². The number of nitrogens with two attached hydrogens (primary N) is 1. The molecule has 4 heteroatoms. The lowest BCUT2D eigenvalue weighted by atomic mass is 9.71. The summed E-state index contributed by atoms with van der Waals surface area (Å²) in [5, 5.41) is 13.4. The summed E-state index contributed by atoms with van der Waals surface area (Å²) in [4.78, 5) is 12.3. The minimum absolute atomic E-state index is 0.168. The fourth-order valence-corrected chi connectivity index (χ4v) is 2.81. The third-order valence-corrected chi connectivity index (χ3v) is 4.73. The lowest BCUT2D eigenvalue weighted by Gasteiger charge is -2.40. The smallest absolute Gasteiger partial charge is 0.251 e. The van der Waals surface area contributed by atoms with Gasteiger partial charge in [-0.1, -0.05) is 19.9 Å². The molecule has 0 heterocycles. The normalized spacial score (nSPS) is 20.0. The van der Waals surface area contributed by atoms with Crippen LogP contribution in [0.3, 0.4) is 0 Å². The number of hydrogen-bond donors (Lipinski definition) is 3. The number of anilines is 1. The van der Waals surface area contributed by atoms with Crippen molar-refractivity contribution >= 4 is 11.6 Å². The first kappa shape index (κ1) is 15.8. The molecule has 1 aliphatic carbocycles. The van der Waals surface area contributed by atoms with Gasteiger partial charge in [-0.2, -0.15) is 0 Å². The highest BCUT2D eigenvalue weighted by atomic mass is 16.3. The van der Waals surface area contributed by atoms with Crippen LogP contribution >= 0.6 is 0 Å². The number of nitrogen functional groups attached to an aromatic ring is 1. The molecule has 0 unspecified atom stereocenters. The van der Waals surface area contributed by atoms with Crippen LogP contribution in [0.1, 0.15) is 55.5 Å². The van der Waals surface area contributed by atoms with E-state index in [2.05, 4.69) is 19.2 Å². The van der Waals surface area contributed by atoms with Crippen LogP contribution in [0.25, 0.3) is 0 Å². The van der Waals surface area contributed by atoms with E-state index >= 15 is 0 Å². The molecule has 0 atom stereocenters. The Morgan fingerprint density at radius 1 is 1.29 bits per heavy atom. The number of carbonyl (C=O) groups excluding carboxylic acids is 1. The van der Waals surface area contributed by atoms with E-state index in [-0.39, 0.29) is 5.91 Å². The van der Waals surface area contributed by atoms with Crippen LogP contribution in [0.4, 0.5) is 5.69 Å². The van der Waals surface area contributed by atoms with Gasteiger partial charge in [-0.05, 0) is 55.7 Å². The van der Waals surface area contributed by atoms with Crippen molar-refractivity contribution in [3.8, 4) is 0 Å². The van der Waals surface area contributed by atoms with Crippen LogP contribution in [0, 0.1) is 12.3 Å². The number of carbonyl (C=O) groups is 1. The molecule has 1 fully saturated rings. The lowest BCUT2D eigenvalue weighted by Crippen LogP contribution is -2.46. The molecule has 0 aromatic heterocycles. The van der Waals surface area contributed by atoms with Gasteiger partial charge in [0.05, 0.1) is 5.60 Å². The third kappa shape index (κ3) is 3.76. The van der Waals surface area contributed by atoms with E-state index in [9.17, 15) is 9.90 Å². The van der Waals surface area contributed by atoms with Crippen LogP contribution in [-0.2, 0) is 0 Å². The molecule has 1 aromatic rings. The third-order valence-electron chi connectivity index (χ3n) is 4.73. The van der Waals surface area contributed by atoms with Crippen molar-refractivity contribution < 1.29 is 9.90 Å². The summed E-state index contributed by atoms with van der Waals surface area (Å²) >= 11 is 0. The van der Waals surface area contributed by atoms with Crippen LogP contribution in [0.2, 0.25) is 0 Å². The van der Waals surface area contributed by atoms with Crippen LogP contribution < -0.4 is 11.1 Å². The van der Waals surface area contributed by atoms with Gasteiger partial charge in [-0.15, -0.1) is 0 Å². The molecule has 1 aliphatic rings. The van der Waals surface area contributed by atoms with Gasteiger partial charge in [-0.25, -0.2) is 0 Å². The molecule has 0 bridgehead atoms. The van der Waals surface area contributed by atoms with Crippen molar-refractivity contribution in [3.63, 3.8) is 0 Å². The number of benzene rings is 1. The summed E-state index contributed by atoms with van der Waals surface area (Å²) in [6.07, 6.45) is 3.43. The Balaban J connectivity index is 1.97. The van der Waals surface area contributed by atoms with Crippen LogP contribution in [0.15, 0.2) is 18.2 Å². The summed E-state index contributed by atoms with van der Waals surface area (Å²) < 4.78 is 0. The fourth-order valence-electron chi connectivity index (χ4n) is 2.81. The fraction of sp³-hybridized carbons (Fsp3) is 0.588. The van der Waals surface area contributed by atoms with Gasteiger partial charge in [0.2, 0.25) is 0 Å². The summed E-state index contributed by atoms with van der Waals surface area (Å²) in [6, 6.07) is 5.31. The Kier molecular flexibility index (Phi) is 4.28. The van der Waals surface area contributed by atoms with Crippen LogP contribution in [0.5, 0.6) is 0 Å². The number of nitrogens with one attached hydrogen (secondary N) is 1. The topological polar surface area (TPSA) is 75.4 Å². The molecule has 0 aliphatic heterocycles. The number of rotatable bonds is 3. The Labute approximate surface area is 126 Å². The maximum absolute atomic E-state index is 12.3. The Hall–Kier alpha value is -1.55. The highest BCUT2D eigenvalue weighted by Crippen LogP contribution is 2.39. The first-order valence-electron chi connectivity index (χ1n) is 7.58. The molecule has 4 nitrogen and oxygen atoms in total. The first-order valence-corrected chi connectivity index (χ1v) is 7.58. The second-order valence-corrected chi connectivity index (χ2v) is 7.09. The minimum Gasteiger partial charge on any atom is -0.398 e. The molecule has 4 N–H and O–H groups in total. The predicted molar refractivity (Wildman–Crippen MR) is 85.1 cm³/mol. The van der Waals surface area contributed by atoms with E-state index in [1.54, 1.807) is 18.2 Å². The Morgan fingerprint density at radius 3 is 2.52 bits per heavy atom. The van der Waals surface area contributed by atoms with Crippen molar-refractivity contribution in [1.29, 1.82) is 0 Å². The average Bonchev–Trinajstić information content (AvgIpc) is 2.43. The molecular formula is C17H26N2O2. The molecule has 0 radical (unpaired) electrons. The van der Waals surface area contributed by atoms with Gasteiger partial charge in [0, 0.05) is 17.8 Å². The van der Waals surface area contributed by atoms with E-state index in [1.165, 1.54) is 0 Å². The van der Waals surface area contributed by atoms with Gasteiger partial charge >= 0.3 is 0 Å². The SMILES string of the molecule is Cc1c(N)cccc1C(=O)NCC1(O)CCC(C)(C)CC1. The maximum atomic E-state index is 12.3. The molecule has 2 rings (SSSR count). The molecular weight excluding hydrogens is 264 g/mol. The zero-order valence-corrected chi connectivity index (χ0v) is 13.2. The summed E-state index contributed by atoms with van der Waals surface area (Å²) in [5.74, 6) is -0.168. The molecule has 21 heavy (non-hydrogen) atoms. The van der Waals surface area contributed by atoms with Crippen molar-refractivity contribution in [2.75, 3.05) is 12.3 Å². The first-order chi connectivity index (χ1) is 9.72. The van der Waals surface area contributed by atoms with Gasteiger partial charge in [-0.3, -0.25) is 4.79 Å². The highest BCUT2D eigenvalue weighted by molar-refractivity contribution is 5.96. The monoisotopic (exact) mass is 290 g/mol. The number of aliphatic hydroxyl groups is 1. The van der Waals surface area contributed by atoms with Crippen molar-refractivity contribution in [2.24, 2.45) is 5.41 Å². The summed E-state index contributed by atoms with van der Waals surface area (Å²) in [7, 11) is 0. The second-order valence-electron chi connectivity index (χ2n) is 7.09. The quantitative estimate of drug-likeness (QED) is 0.749. The largest absolute Gasteiger partial charge is 0.398 e. The van der Waals surface area contributed by atoms with E-state index in [1.807, 2.05) is 6.92 Å². The summed E-state index contributed by atoms with van der Waals surface area (Å²) in [5.41, 5.74) is 7.31. The molecule has 0 saturated heterocycles. The number of amides is 1. The Bertz CT molecular complexity index is 528. The Morgan fingerprint density at radius 2 is 1.90 bits per heavy atom. The summed E-state index contributed by atoms with van der Waals surface area (Å²) in [6.45, 7) is 6.58. The van der Waals surface area contributed by atoms with Gasteiger partial charge in [0.1, 0.15) is 0 Å². The lowest BCUT2D eigenvalue weighted by molar-refractivity contribution is -0.0233. The van der Waals surface area contributed by atoms with E-state index in [4.69, 9.17) is 5.73 Å². The maximum Gasteiger partial charge on any atom is 0.251 e. The van der Waals surface area contributed by atoms with Crippen molar-refractivity contribution in [1.82, 2.24) is 5.32 Å².